The van der Waals surface area contributed by atoms with Crippen molar-refractivity contribution in [3.8, 4) is 0 Å². The molecule has 0 atom stereocenters. The van der Waals surface area contributed by atoms with Crippen LogP contribution in [0.5, 0.6) is 0 Å². The maximum Gasteiger partial charge on any atom is 0.211 e. The number of hydrogen-bond acceptors (Lipinski definition) is 5. The fourth-order valence-electron chi connectivity index (χ4n) is 3.75. The highest BCUT2D eigenvalue weighted by atomic mass is 16.5. The van der Waals surface area contributed by atoms with E-state index in [0.717, 1.165) is 55.6 Å². The van der Waals surface area contributed by atoms with Crippen LogP contribution in [0.2, 0.25) is 0 Å². The average molecular weight is 457 g/mol. The molecule has 4 rings (SSSR count). The monoisotopic (exact) mass is 456 g/mol. The Kier molecular flexibility index (Phi) is 13.2. The molecule has 0 spiro atoms. The standard InChI is InChI=1S/C22H28N4O.2C2H6.CH4O/c1-4-27-20-8-7-18(6-5-17(20)3)19-15-21-23-11-14-26(21)22(24-19)25-12-9-16(2)10-13-25;3*1-2/h5,7-8,11,14-16H,4,6,9-10,12-13H2,1-3H3;2*1-2H3;2H,1H3. The SMILES string of the molecule is CC.CC.CCOC1=CC=C(c2cc3nccn3c(N3CCC(C)CC3)n2)CC=C1C.CO. The summed E-state index contributed by atoms with van der Waals surface area (Å²) in [7, 11) is 1.00. The van der Waals surface area contributed by atoms with Crippen molar-refractivity contribution in [2.75, 3.05) is 31.7 Å². The van der Waals surface area contributed by atoms with E-state index in [-0.39, 0.29) is 0 Å². The van der Waals surface area contributed by atoms with Crippen molar-refractivity contribution in [2.24, 2.45) is 5.92 Å². The molecule has 1 saturated heterocycles. The highest BCUT2D eigenvalue weighted by Gasteiger charge is 2.21. The molecule has 184 valence electrons. The van der Waals surface area contributed by atoms with Gasteiger partial charge in [-0.15, -0.1) is 0 Å². The minimum absolute atomic E-state index is 0.677. The van der Waals surface area contributed by atoms with E-state index in [1.807, 2.05) is 47.0 Å². The van der Waals surface area contributed by atoms with Crippen LogP contribution >= 0.6 is 0 Å². The summed E-state index contributed by atoms with van der Waals surface area (Å²) >= 11 is 0. The van der Waals surface area contributed by atoms with Crippen molar-refractivity contribution in [1.29, 1.82) is 0 Å². The lowest BCUT2D eigenvalue weighted by atomic mass is 9.99. The van der Waals surface area contributed by atoms with E-state index in [0.29, 0.717) is 6.61 Å². The number of aliphatic hydroxyl groups excluding tert-OH is 1. The first kappa shape index (κ1) is 28.4. The molecule has 1 N–H and O–H groups in total. The van der Waals surface area contributed by atoms with Gasteiger partial charge in [0.2, 0.25) is 5.95 Å². The van der Waals surface area contributed by atoms with Crippen LogP contribution in [0.4, 0.5) is 5.95 Å². The van der Waals surface area contributed by atoms with Gasteiger partial charge in [-0.1, -0.05) is 46.8 Å². The Labute approximate surface area is 200 Å². The Morgan fingerprint density at radius 2 is 1.76 bits per heavy atom. The van der Waals surface area contributed by atoms with Crippen LogP contribution in [-0.2, 0) is 4.74 Å². The van der Waals surface area contributed by atoms with Crippen molar-refractivity contribution in [2.45, 2.75) is 67.7 Å². The van der Waals surface area contributed by atoms with Crippen molar-refractivity contribution < 1.29 is 9.84 Å². The zero-order valence-electron chi connectivity index (χ0n) is 21.9. The van der Waals surface area contributed by atoms with E-state index in [2.05, 4.69) is 52.4 Å². The fraction of sp³-hybridized carbons (Fsp3) is 0.556. The summed E-state index contributed by atoms with van der Waals surface area (Å²) in [5.74, 6) is 2.74. The van der Waals surface area contributed by atoms with E-state index < -0.39 is 0 Å². The number of aliphatic hydroxyl groups is 1. The lowest BCUT2D eigenvalue weighted by Crippen LogP contribution is -2.34. The molecule has 0 saturated carbocycles. The van der Waals surface area contributed by atoms with Gasteiger partial charge in [-0.3, -0.25) is 4.40 Å². The minimum atomic E-state index is 0.677. The molecule has 2 aromatic rings. The molecule has 1 aliphatic carbocycles. The normalized spacial score (nSPS) is 15.9. The number of anilines is 1. The molecular weight excluding hydrogens is 412 g/mol. The second kappa shape index (κ2) is 15.3. The van der Waals surface area contributed by atoms with E-state index >= 15 is 0 Å². The number of fused-ring (bicyclic) bond motifs is 1. The Bertz CT molecular complexity index is 919. The van der Waals surface area contributed by atoms with Crippen LogP contribution in [0.25, 0.3) is 11.2 Å². The Morgan fingerprint density at radius 1 is 1.09 bits per heavy atom. The summed E-state index contributed by atoms with van der Waals surface area (Å²) < 4.78 is 7.86. The predicted octanol–water partition coefficient (Wildman–Crippen LogP) is 6.28. The van der Waals surface area contributed by atoms with Crippen LogP contribution in [0.1, 0.15) is 73.4 Å². The summed E-state index contributed by atoms with van der Waals surface area (Å²) in [6.45, 7) is 17.2. The molecule has 0 bridgehead atoms. The maximum absolute atomic E-state index is 7.00. The third-order valence-electron chi connectivity index (χ3n) is 5.52. The van der Waals surface area contributed by atoms with E-state index in [4.69, 9.17) is 14.8 Å². The van der Waals surface area contributed by atoms with Crippen molar-refractivity contribution >= 4 is 17.2 Å². The highest BCUT2D eigenvalue weighted by Crippen LogP contribution is 2.28. The molecule has 2 aliphatic rings. The molecule has 1 fully saturated rings. The number of ether oxygens (including phenoxy) is 1. The number of aromatic nitrogens is 3. The van der Waals surface area contributed by atoms with Crippen LogP contribution in [0.15, 0.2) is 48.0 Å². The van der Waals surface area contributed by atoms with Crippen LogP contribution in [0.3, 0.4) is 0 Å². The van der Waals surface area contributed by atoms with Crippen molar-refractivity contribution in [3.63, 3.8) is 0 Å². The molecule has 1 aliphatic heterocycles. The Morgan fingerprint density at radius 3 is 2.39 bits per heavy atom. The van der Waals surface area contributed by atoms with Crippen LogP contribution in [0, 0.1) is 5.92 Å². The molecule has 33 heavy (non-hydrogen) atoms. The lowest BCUT2D eigenvalue weighted by molar-refractivity contribution is 0.238. The van der Waals surface area contributed by atoms with Crippen molar-refractivity contribution in [3.05, 3.63) is 53.7 Å². The molecule has 0 unspecified atom stereocenters. The Balaban J connectivity index is 0.000000841. The summed E-state index contributed by atoms with van der Waals surface area (Å²) in [6, 6.07) is 2.09. The first-order valence-electron chi connectivity index (χ1n) is 12.4. The molecule has 6 nitrogen and oxygen atoms in total. The first-order valence-corrected chi connectivity index (χ1v) is 12.4. The smallest absolute Gasteiger partial charge is 0.211 e. The lowest BCUT2D eigenvalue weighted by Gasteiger charge is -2.31. The van der Waals surface area contributed by atoms with Gasteiger partial charge >= 0.3 is 0 Å². The maximum atomic E-state index is 7.00. The van der Waals surface area contributed by atoms with Gasteiger partial charge in [0.15, 0.2) is 0 Å². The zero-order chi connectivity index (χ0) is 24.8. The van der Waals surface area contributed by atoms with E-state index in [1.54, 1.807) is 0 Å². The fourth-order valence-corrected chi connectivity index (χ4v) is 3.75. The summed E-state index contributed by atoms with van der Waals surface area (Å²) in [4.78, 5) is 12.0. The van der Waals surface area contributed by atoms with E-state index in [9.17, 15) is 0 Å². The molecule has 3 heterocycles. The van der Waals surface area contributed by atoms with Gasteiger partial charge in [-0.05, 0) is 56.3 Å². The molecule has 2 aromatic heterocycles. The van der Waals surface area contributed by atoms with Crippen LogP contribution in [-0.4, -0.2) is 46.3 Å². The van der Waals surface area contributed by atoms with Gasteiger partial charge in [-0.2, -0.15) is 0 Å². The summed E-state index contributed by atoms with van der Waals surface area (Å²) in [6.07, 6.45) is 13.6. The second-order valence-corrected chi connectivity index (χ2v) is 7.51. The van der Waals surface area contributed by atoms with Crippen LogP contribution < -0.4 is 4.90 Å². The number of piperidine rings is 1. The topological polar surface area (TPSA) is 62.9 Å². The minimum Gasteiger partial charge on any atom is -0.494 e. The van der Waals surface area contributed by atoms with Gasteiger partial charge < -0.3 is 14.7 Å². The molecular formula is C27H44N4O2. The molecule has 0 radical (unpaired) electrons. The molecule has 0 aromatic carbocycles. The van der Waals surface area contributed by atoms with Crippen molar-refractivity contribution in [1.82, 2.24) is 14.4 Å². The van der Waals surface area contributed by atoms with Gasteiger partial charge in [0, 0.05) is 38.7 Å². The number of imidazole rings is 1. The largest absolute Gasteiger partial charge is 0.494 e. The number of nitrogens with zero attached hydrogens (tertiary/aromatic N) is 4. The zero-order valence-corrected chi connectivity index (χ0v) is 21.9. The Hall–Kier alpha value is -2.60. The quantitative estimate of drug-likeness (QED) is 0.586. The average Bonchev–Trinajstić information content (AvgIpc) is 3.28. The number of rotatable bonds is 4. The van der Waals surface area contributed by atoms with Gasteiger partial charge in [0.05, 0.1) is 12.3 Å². The highest BCUT2D eigenvalue weighted by molar-refractivity contribution is 5.71. The molecule has 0 amide bonds. The molecule has 6 heteroatoms. The number of hydrogen-bond donors (Lipinski definition) is 1. The predicted molar refractivity (Wildman–Crippen MR) is 140 cm³/mol. The summed E-state index contributed by atoms with van der Waals surface area (Å²) in [5, 5.41) is 7.00. The third-order valence-corrected chi connectivity index (χ3v) is 5.52. The first-order chi connectivity index (χ1) is 16.2. The second-order valence-electron chi connectivity index (χ2n) is 7.51. The van der Waals surface area contributed by atoms with Gasteiger partial charge in [0.25, 0.3) is 0 Å². The third kappa shape index (κ3) is 7.46. The van der Waals surface area contributed by atoms with E-state index in [1.165, 1.54) is 24.0 Å². The number of allylic oxidation sites excluding steroid dienone is 5. The summed E-state index contributed by atoms with van der Waals surface area (Å²) in [5.41, 5.74) is 4.32. The van der Waals surface area contributed by atoms with Gasteiger partial charge in [-0.25, -0.2) is 9.97 Å². The van der Waals surface area contributed by atoms with Gasteiger partial charge in [0.1, 0.15) is 11.4 Å².